The Balaban J connectivity index is 1.49. The van der Waals surface area contributed by atoms with Crippen LogP contribution in [0.1, 0.15) is 55.1 Å². The van der Waals surface area contributed by atoms with Crippen molar-refractivity contribution < 1.29 is 4.74 Å². The molecule has 1 fully saturated rings. The van der Waals surface area contributed by atoms with E-state index < -0.39 is 0 Å². The normalized spacial score (nSPS) is 14.4. The summed E-state index contributed by atoms with van der Waals surface area (Å²) in [4.78, 5) is 32.5. The monoisotopic (exact) mass is 515 g/mol. The Bertz CT molecular complexity index is 1450. The van der Waals surface area contributed by atoms with E-state index in [1.54, 1.807) is 0 Å². The molecule has 0 saturated carbocycles. The molecule has 1 aliphatic heterocycles. The van der Waals surface area contributed by atoms with Crippen LogP contribution in [0, 0.1) is 13.8 Å². The molecule has 1 saturated heterocycles. The maximum atomic E-state index is 12.6. The highest BCUT2D eigenvalue weighted by Crippen LogP contribution is 2.28. The fourth-order valence-corrected chi connectivity index (χ4v) is 5.17. The Morgan fingerprint density at radius 3 is 2.50 bits per heavy atom. The van der Waals surface area contributed by atoms with Crippen LogP contribution in [-0.4, -0.2) is 55.7 Å². The van der Waals surface area contributed by atoms with Gasteiger partial charge in [-0.25, -0.2) is 15.0 Å². The number of anilines is 1. The number of benzene rings is 1. The molecule has 38 heavy (non-hydrogen) atoms. The molecular formula is C29H37N7O2. The van der Waals surface area contributed by atoms with E-state index in [4.69, 9.17) is 19.7 Å². The standard InChI is InChI=1S/C29H37N7O2/c1-5-23(6-2)36-18-31-25-27(30-16-24-19(3)15-20(4)32-29(24)37)33-26(34-28(25)36)22-9-7-21(8-10-22)17-35-11-13-38-14-12-35/h7-10,15,18,23H,5-6,11-14,16-17H2,1-4H3,(H,32,37)(H,30,33,34). The number of nitrogens with one attached hydrogen (secondary N) is 2. The van der Waals surface area contributed by atoms with Crippen molar-refractivity contribution in [2.45, 2.75) is 59.7 Å². The third kappa shape index (κ3) is 5.49. The number of hydrogen-bond acceptors (Lipinski definition) is 7. The van der Waals surface area contributed by atoms with Crippen molar-refractivity contribution in [3.8, 4) is 11.4 Å². The lowest BCUT2D eigenvalue weighted by Crippen LogP contribution is -2.35. The number of hydrogen-bond donors (Lipinski definition) is 2. The molecule has 1 aromatic carbocycles. The second-order valence-electron chi connectivity index (χ2n) is 10.1. The number of H-pyrrole nitrogens is 1. The Morgan fingerprint density at radius 1 is 1.08 bits per heavy atom. The van der Waals surface area contributed by atoms with Gasteiger partial charge in [0.2, 0.25) is 0 Å². The molecule has 0 radical (unpaired) electrons. The van der Waals surface area contributed by atoms with Gasteiger partial charge in [0.05, 0.1) is 19.5 Å². The van der Waals surface area contributed by atoms with Crippen LogP contribution in [0.25, 0.3) is 22.6 Å². The zero-order chi connectivity index (χ0) is 26.6. The Kier molecular flexibility index (Phi) is 7.85. The molecule has 9 heteroatoms. The largest absolute Gasteiger partial charge is 0.379 e. The minimum atomic E-state index is -0.0843. The summed E-state index contributed by atoms with van der Waals surface area (Å²) in [5, 5.41) is 3.40. The number of rotatable bonds is 9. The minimum Gasteiger partial charge on any atom is -0.379 e. The van der Waals surface area contributed by atoms with E-state index in [0.717, 1.165) is 68.2 Å². The quantitative estimate of drug-likeness (QED) is 0.336. The molecular weight excluding hydrogens is 478 g/mol. The molecule has 0 amide bonds. The number of aromatic nitrogens is 5. The first-order valence-corrected chi connectivity index (χ1v) is 13.5. The van der Waals surface area contributed by atoms with Crippen LogP contribution in [0.15, 0.2) is 41.5 Å². The van der Waals surface area contributed by atoms with Crippen LogP contribution in [0.4, 0.5) is 5.82 Å². The smallest absolute Gasteiger partial charge is 0.253 e. The van der Waals surface area contributed by atoms with Gasteiger partial charge in [0.15, 0.2) is 17.3 Å². The van der Waals surface area contributed by atoms with E-state index in [1.165, 1.54) is 5.56 Å². The molecule has 0 spiro atoms. The molecule has 9 nitrogen and oxygen atoms in total. The molecule has 0 unspecified atom stereocenters. The first-order valence-electron chi connectivity index (χ1n) is 13.5. The molecule has 0 atom stereocenters. The predicted octanol–water partition coefficient (Wildman–Crippen LogP) is 4.60. The van der Waals surface area contributed by atoms with Gasteiger partial charge in [-0.3, -0.25) is 9.69 Å². The maximum Gasteiger partial charge on any atom is 0.253 e. The second-order valence-corrected chi connectivity index (χ2v) is 10.1. The number of pyridine rings is 1. The van der Waals surface area contributed by atoms with Gasteiger partial charge in [-0.05, 0) is 43.9 Å². The van der Waals surface area contributed by atoms with Crippen LogP contribution in [0.5, 0.6) is 0 Å². The van der Waals surface area contributed by atoms with Gasteiger partial charge in [0.1, 0.15) is 5.52 Å². The Hall–Kier alpha value is -3.56. The summed E-state index contributed by atoms with van der Waals surface area (Å²) in [5.41, 5.74) is 6.12. The van der Waals surface area contributed by atoms with Crippen molar-refractivity contribution in [1.82, 2.24) is 29.4 Å². The lowest BCUT2D eigenvalue weighted by molar-refractivity contribution is 0.0342. The SMILES string of the molecule is CCC(CC)n1cnc2c(NCc3c(C)cc(C)[nH]c3=O)nc(-c3ccc(CN4CCOCC4)cc3)nc21. The van der Waals surface area contributed by atoms with Crippen LogP contribution in [0.3, 0.4) is 0 Å². The van der Waals surface area contributed by atoms with Gasteiger partial charge in [0.25, 0.3) is 5.56 Å². The highest BCUT2D eigenvalue weighted by Gasteiger charge is 2.19. The minimum absolute atomic E-state index is 0.0843. The summed E-state index contributed by atoms with van der Waals surface area (Å²) in [7, 11) is 0. The summed E-state index contributed by atoms with van der Waals surface area (Å²) in [6.07, 6.45) is 3.83. The average Bonchev–Trinajstić information content (AvgIpc) is 3.34. The molecule has 200 valence electrons. The van der Waals surface area contributed by atoms with E-state index >= 15 is 0 Å². The van der Waals surface area contributed by atoms with Crippen molar-refractivity contribution >= 4 is 17.0 Å². The lowest BCUT2D eigenvalue weighted by Gasteiger charge is -2.26. The third-order valence-corrected chi connectivity index (χ3v) is 7.41. The van der Waals surface area contributed by atoms with Crippen molar-refractivity contribution in [3.63, 3.8) is 0 Å². The predicted molar refractivity (Wildman–Crippen MR) is 150 cm³/mol. The van der Waals surface area contributed by atoms with Gasteiger partial charge < -0.3 is 19.6 Å². The number of aryl methyl sites for hydroxylation is 2. The fourth-order valence-electron chi connectivity index (χ4n) is 5.17. The maximum absolute atomic E-state index is 12.6. The van der Waals surface area contributed by atoms with Crippen molar-refractivity contribution in [2.75, 3.05) is 31.6 Å². The number of ether oxygens (including phenoxy) is 1. The lowest BCUT2D eigenvalue weighted by atomic mass is 10.1. The Morgan fingerprint density at radius 2 is 1.82 bits per heavy atom. The molecule has 0 aliphatic carbocycles. The summed E-state index contributed by atoms with van der Waals surface area (Å²) in [6, 6.07) is 10.8. The van der Waals surface area contributed by atoms with E-state index in [0.29, 0.717) is 35.3 Å². The first-order chi connectivity index (χ1) is 18.5. The topological polar surface area (TPSA) is 101 Å². The van der Waals surface area contributed by atoms with Crippen molar-refractivity contribution in [1.29, 1.82) is 0 Å². The summed E-state index contributed by atoms with van der Waals surface area (Å²) >= 11 is 0. The summed E-state index contributed by atoms with van der Waals surface area (Å²) in [6.45, 7) is 13.0. The zero-order valence-corrected chi connectivity index (χ0v) is 22.8. The molecule has 3 aromatic heterocycles. The highest BCUT2D eigenvalue weighted by atomic mass is 16.5. The molecule has 4 heterocycles. The molecule has 5 rings (SSSR count). The number of aromatic amines is 1. The van der Waals surface area contributed by atoms with Crippen LogP contribution in [-0.2, 0) is 17.8 Å². The van der Waals surface area contributed by atoms with Gasteiger partial charge >= 0.3 is 0 Å². The van der Waals surface area contributed by atoms with E-state index in [9.17, 15) is 4.79 Å². The molecule has 4 aromatic rings. The van der Waals surface area contributed by atoms with Crippen molar-refractivity contribution in [2.24, 2.45) is 0 Å². The number of fused-ring (bicyclic) bond motifs is 1. The molecule has 0 bridgehead atoms. The Labute approximate surface area is 223 Å². The fraction of sp³-hybridized carbons (Fsp3) is 0.448. The van der Waals surface area contributed by atoms with Crippen molar-refractivity contribution in [3.05, 3.63) is 69.4 Å². The third-order valence-electron chi connectivity index (χ3n) is 7.41. The number of imidazole rings is 1. The molecule has 1 aliphatic rings. The van der Waals surface area contributed by atoms with Gasteiger partial charge in [-0.15, -0.1) is 0 Å². The zero-order valence-electron chi connectivity index (χ0n) is 22.8. The van der Waals surface area contributed by atoms with E-state index in [2.05, 4.69) is 57.9 Å². The number of nitrogens with zero attached hydrogens (tertiary/aromatic N) is 5. The van der Waals surface area contributed by atoms with E-state index in [-0.39, 0.29) is 5.56 Å². The average molecular weight is 516 g/mol. The second kappa shape index (κ2) is 11.4. The van der Waals surface area contributed by atoms with E-state index in [1.807, 2.05) is 26.2 Å². The van der Waals surface area contributed by atoms with Crippen LogP contribution < -0.4 is 10.9 Å². The number of morpholine rings is 1. The first kappa shape index (κ1) is 26.1. The van der Waals surface area contributed by atoms with Gasteiger partial charge in [-0.2, -0.15) is 0 Å². The highest BCUT2D eigenvalue weighted by molar-refractivity contribution is 5.85. The van der Waals surface area contributed by atoms with Gasteiger partial charge in [0, 0.05) is 49.0 Å². The van der Waals surface area contributed by atoms with Crippen LogP contribution >= 0.6 is 0 Å². The summed E-state index contributed by atoms with van der Waals surface area (Å²) in [5.74, 6) is 1.27. The molecule has 2 N–H and O–H groups in total. The van der Waals surface area contributed by atoms with Crippen LogP contribution in [0.2, 0.25) is 0 Å². The van der Waals surface area contributed by atoms with Gasteiger partial charge in [-0.1, -0.05) is 38.1 Å². The summed E-state index contributed by atoms with van der Waals surface area (Å²) < 4.78 is 7.63.